The Labute approximate surface area is 113 Å². The lowest BCUT2D eigenvalue weighted by Gasteiger charge is -2.18. The van der Waals surface area contributed by atoms with Gasteiger partial charge in [-0.25, -0.2) is 0 Å². The predicted molar refractivity (Wildman–Crippen MR) is 76.3 cm³/mol. The van der Waals surface area contributed by atoms with E-state index in [1.807, 2.05) is 36.4 Å². The first-order chi connectivity index (χ1) is 9.34. The van der Waals surface area contributed by atoms with Gasteiger partial charge >= 0.3 is 0 Å². The van der Waals surface area contributed by atoms with Crippen LogP contribution >= 0.6 is 0 Å². The van der Waals surface area contributed by atoms with Gasteiger partial charge in [-0.05, 0) is 30.9 Å². The Bertz CT molecular complexity index is 535. The number of ketones is 1. The number of rotatable bonds is 1. The van der Waals surface area contributed by atoms with Crippen LogP contribution in [0.4, 0.5) is 0 Å². The number of carbonyl (C=O) groups is 1. The monoisotopic (exact) mass is 254 g/mol. The maximum Gasteiger partial charge on any atom is 0.188 e. The number of hydrogen-bond donors (Lipinski definition) is 2. The number of Topliss-reactive ketones (excluding diaryl/α,β-unsaturated/α-hetero) is 1. The highest BCUT2D eigenvalue weighted by Crippen LogP contribution is 2.27. The fraction of sp³-hybridized carbons (Fsp3) is 0.312. The van der Waals surface area contributed by atoms with Gasteiger partial charge in [-0.15, -0.1) is 0 Å². The first-order valence-corrected chi connectivity index (χ1v) is 6.86. The van der Waals surface area contributed by atoms with Gasteiger partial charge in [0.2, 0.25) is 0 Å². The molecule has 1 aromatic carbocycles. The van der Waals surface area contributed by atoms with Crippen molar-refractivity contribution in [1.82, 2.24) is 10.6 Å². The average Bonchev–Trinajstić information content (AvgIpc) is 2.96. The largest absolute Gasteiger partial charge is 0.370 e. The molecule has 3 heteroatoms. The summed E-state index contributed by atoms with van der Waals surface area (Å²) in [5.74, 6) is 1.15. The Morgan fingerprint density at radius 3 is 2.47 bits per heavy atom. The molecule has 0 amide bonds. The van der Waals surface area contributed by atoms with Crippen LogP contribution in [0.1, 0.15) is 24.8 Å². The van der Waals surface area contributed by atoms with Gasteiger partial charge in [-0.3, -0.25) is 4.79 Å². The standard InChI is InChI=1S/C16H18N2O/c19-15-13(11-12-5-2-1-3-6-12)7-4-8-14(15)16-17-9-10-18-16/h1-3,5-6,11,17-18H,4,7-10H2. The van der Waals surface area contributed by atoms with E-state index in [0.717, 1.165) is 54.9 Å². The normalized spacial score (nSPS) is 21.5. The number of carbonyl (C=O) groups excluding carboxylic acids is 1. The lowest BCUT2D eigenvalue weighted by molar-refractivity contribution is -0.113. The maximum atomic E-state index is 12.5. The van der Waals surface area contributed by atoms with Crippen molar-refractivity contribution in [2.24, 2.45) is 0 Å². The Morgan fingerprint density at radius 2 is 1.74 bits per heavy atom. The Morgan fingerprint density at radius 1 is 1.00 bits per heavy atom. The SMILES string of the molecule is O=C1C(=Cc2ccccc2)CCCC1=C1NCCN1. The van der Waals surface area contributed by atoms with Gasteiger partial charge in [0, 0.05) is 24.2 Å². The summed E-state index contributed by atoms with van der Waals surface area (Å²) < 4.78 is 0. The van der Waals surface area contributed by atoms with Crippen molar-refractivity contribution in [2.45, 2.75) is 19.3 Å². The minimum Gasteiger partial charge on any atom is -0.370 e. The van der Waals surface area contributed by atoms with E-state index in [-0.39, 0.29) is 5.78 Å². The fourth-order valence-corrected chi connectivity index (χ4v) is 2.65. The number of nitrogens with one attached hydrogen (secondary N) is 2. The van der Waals surface area contributed by atoms with Crippen LogP contribution in [0, 0.1) is 0 Å². The van der Waals surface area contributed by atoms with E-state index in [4.69, 9.17) is 0 Å². The molecule has 2 fully saturated rings. The van der Waals surface area contributed by atoms with Crippen molar-refractivity contribution in [3.8, 4) is 0 Å². The number of benzene rings is 1. The molecule has 1 saturated heterocycles. The molecule has 1 heterocycles. The summed E-state index contributed by atoms with van der Waals surface area (Å²) in [6.07, 6.45) is 4.83. The van der Waals surface area contributed by atoms with E-state index in [2.05, 4.69) is 10.6 Å². The van der Waals surface area contributed by atoms with Crippen molar-refractivity contribution >= 4 is 11.9 Å². The number of hydrogen-bond acceptors (Lipinski definition) is 3. The average molecular weight is 254 g/mol. The third-order valence-corrected chi connectivity index (χ3v) is 3.61. The molecule has 2 aliphatic rings. The summed E-state index contributed by atoms with van der Waals surface area (Å²) in [7, 11) is 0. The fourth-order valence-electron chi connectivity index (χ4n) is 2.65. The molecule has 1 saturated carbocycles. The summed E-state index contributed by atoms with van der Waals surface area (Å²) in [5, 5.41) is 6.52. The van der Waals surface area contributed by atoms with Crippen molar-refractivity contribution in [1.29, 1.82) is 0 Å². The quantitative estimate of drug-likeness (QED) is 0.755. The lowest BCUT2D eigenvalue weighted by atomic mass is 9.87. The van der Waals surface area contributed by atoms with Gasteiger partial charge in [0.15, 0.2) is 5.78 Å². The van der Waals surface area contributed by atoms with E-state index in [1.54, 1.807) is 0 Å². The second-order valence-electron chi connectivity index (χ2n) is 4.97. The van der Waals surface area contributed by atoms with Crippen LogP contribution < -0.4 is 10.6 Å². The molecule has 0 radical (unpaired) electrons. The smallest absolute Gasteiger partial charge is 0.188 e. The van der Waals surface area contributed by atoms with Gasteiger partial charge in [-0.2, -0.15) is 0 Å². The molecular formula is C16H18N2O. The van der Waals surface area contributed by atoms with Crippen molar-refractivity contribution in [2.75, 3.05) is 13.1 Å². The van der Waals surface area contributed by atoms with Gasteiger partial charge in [0.05, 0.1) is 0 Å². The summed E-state index contributed by atoms with van der Waals surface area (Å²) in [6, 6.07) is 10.1. The Hall–Kier alpha value is -2.03. The van der Waals surface area contributed by atoms with Crippen LogP contribution in [0.3, 0.4) is 0 Å². The highest BCUT2D eigenvalue weighted by Gasteiger charge is 2.25. The third kappa shape index (κ3) is 2.55. The number of allylic oxidation sites excluding steroid dienone is 2. The molecule has 3 nitrogen and oxygen atoms in total. The van der Waals surface area contributed by atoms with E-state index in [9.17, 15) is 4.79 Å². The van der Waals surface area contributed by atoms with Crippen molar-refractivity contribution in [3.05, 3.63) is 52.9 Å². The highest BCUT2D eigenvalue weighted by molar-refractivity contribution is 6.12. The highest BCUT2D eigenvalue weighted by atomic mass is 16.1. The molecule has 0 bridgehead atoms. The zero-order valence-electron chi connectivity index (χ0n) is 10.9. The molecule has 0 unspecified atom stereocenters. The minimum atomic E-state index is 0.201. The predicted octanol–water partition coefficient (Wildman–Crippen LogP) is 2.23. The second-order valence-corrected chi connectivity index (χ2v) is 4.97. The van der Waals surface area contributed by atoms with Crippen LogP contribution in [0.25, 0.3) is 6.08 Å². The topological polar surface area (TPSA) is 41.1 Å². The van der Waals surface area contributed by atoms with Crippen LogP contribution in [0.15, 0.2) is 47.3 Å². The molecule has 98 valence electrons. The zero-order chi connectivity index (χ0) is 13.1. The Balaban J connectivity index is 1.89. The van der Waals surface area contributed by atoms with Gasteiger partial charge < -0.3 is 10.6 Å². The molecule has 3 rings (SSSR count). The van der Waals surface area contributed by atoms with E-state index in [1.165, 1.54) is 0 Å². The van der Waals surface area contributed by atoms with Gasteiger partial charge in [0.25, 0.3) is 0 Å². The molecule has 0 aromatic heterocycles. The molecule has 0 spiro atoms. The van der Waals surface area contributed by atoms with E-state index < -0.39 is 0 Å². The summed E-state index contributed by atoms with van der Waals surface area (Å²) >= 11 is 0. The third-order valence-electron chi connectivity index (χ3n) is 3.61. The van der Waals surface area contributed by atoms with Crippen molar-refractivity contribution in [3.63, 3.8) is 0 Å². The minimum absolute atomic E-state index is 0.201. The van der Waals surface area contributed by atoms with Crippen LogP contribution in [0.5, 0.6) is 0 Å². The molecular weight excluding hydrogens is 236 g/mol. The Kier molecular flexibility index (Phi) is 3.36. The zero-order valence-corrected chi connectivity index (χ0v) is 10.9. The molecule has 19 heavy (non-hydrogen) atoms. The van der Waals surface area contributed by atoms with Gasteiger partial charge in [0.1, 0.15) is 5.82 Å². The molecule has 2 N–H and O–H groups in total. The van der Waals surface area contributed by atoms with E-state index in [0.29, 0.717) is 0 Å². The summed E-state index contributed by atoms with van der Waals surface area (Å²) in [5.41, 5.74) is 2.95. The van der Waals surface area contributed by atoms with Gasteiger partial charge in [-0.1, -0.05) is 30.3 Å². The van der Waals surface area contributed by atoms with Crippen molar-refractivity contribution < 1.29 is 4.79 Å². The molecule has 1 aliphatic carbocycles. The molecule has 0 atom stereocenters. The second kappa shape index (κ2) is 5.31. The van der Waals surface area contributed by atoms with Crippen LogP contribution in [-0.4, -0.2) is 18.9 Å². The van der Waals surface area contributed by atoms with E-state index >= 15 is 0 Å². The summed E-state index contributed by atoms with van der Waals surface area (Å²) in [4.78, 5) is 12.5. The molecule has 1 aromatic rings. The maximum absolute atomic E-state index is 12.5. The van der Waals surface area contributed by atoms with Crippen LogP contribution in [0.2, 0.25) is 0 Å². The summed E-state index contributed by atoms with van der Waals surface area (Å²) in [6.45, 7) is 1.81. The first-order valence-electron chi connectivity index (χ1n) is 6.86. The molecule has 1 aliphatic heterocycles. The first kappa shape index (κ1) is 12.0. The lowest BCUT2D eigenvalue weighted by Crippen LogP contribution is -2.22. The van der Waals surface area contributed by atoms with Crippen LogP contribution in [-0.2, 0) is 4.79 Å².